The number of hydrogen-bond acceptors (Lipinski definition) is 3. The van der Waals surface area contributed by atoms with Gasteiger partial charge < -0.3 is 5.73 Å². The molecular weight excluding hydrogens is 226 g/mol. The molecule has 1 rings (SSSR count). The lowest BCUT2D eigenvalue weighted by Gasteiger charge is -1.97. The predicted molar refractivity (Wildman–Crippen MR) is 64.1 cm³/mol. The smallest absolute Gasteiger partial charge is 0.238 e. The van der Waals surface area contributed by atoms with Crippen molar-refractivity contribution in [2.45, 2.75) is 11.8 Å². The minimum absolute atomic E-state index is 0.0863. The van der Waals surface area contributed by atoms with E-state index in [1.807, 2.05) is 0 Å². The Kier molecular flexibility index (Phi) is 3.81. The molecule has 0 atom stereocenters. The number of rotatable bonds is 3. The first-order valence-electron chi connectivity index (χ1n) is 4.49. The van der Waals surface area contributed by atoms with E-state index < -0.39 is 10.0 Å². The van der Waals surface area contributed by atoms with Gasteiger partial charge in [-0.05, 0) is 30.7 Å². The third-order valence-electron chi connectivity index (χ3n) is 1.75. The van der Waals surface area contributed by atoms with Crippen LogP contribution >= 0.6 is 0 Å². The van der Waals surface area contributed by atoms with Crippen molar-refractivity contribution in [1.29, 1.82) is 0 Å². The van der Waals surface area contributed by atoms with Gasteiger partial charge in [0.1, 0.15) is 0 Å². The van der Waals surface area contributed by atoms with Crippen LogP contribution in [0.4, 0.5) is 0 Å². The normalized spacial score (nSPS) is 13.2. The minimum Gasteiger partial charge on any atom is -0.387 e. The van der Waals surface area contributed by atoms with Gasteiger partial charge in [0, 0.05) is 6.20 Å². The van der Waals surface area contributed by atoms with Crippen LogP contribution in [0.25, 0.3) is 6.08 Å². The Morgan fingerprint density at radius 2 is 1.88 bits per heavy atom. The summed E-state index contributed by atoms with van der Waals surface area (Å²) in [6, 6.07) is 6.15. The topological polar surface area (TPSA) is 98.5 Å². The first-order valence-corrected chi connectivity index (χ1v) is 6.03. The Morgan fingerprint density at radius 3 is 2.31 bits per heavy atom. The van der Waals surface area contributed by atoms with Gasteiger partial charge in [-0.2, -0.15) is 0 Å². The van der Waals surface area contributed by atoms with Crippen molar-refractivity contribution >= 4 is 21.9 Å². The van der Waals surface area contributed by atoms with Crippen LogP contribution < -0.4 is 10.9 Å². The van der Waals surface area contributed by atoms with Crippen LogP contribution in [0.2, 0.25) is 0 Å². The fourth-order valence-electron chi connectivity index (χ4n) is 1.01. The number of amidine groups is 1. The van der Waals surface area contributed by atoms with Gasteiger partial charge in [0.15, 0.2) is 0 Å². The molecule has 0 aliphatic rings. The van der Waals surface area contributed by atoms with E-state index in [9.17, 15) is 8.42 Å². The number of sulfonamides is 1. The SMILES string of the molecule is CC(N)=N/C=C/c1ccc(S(N)(=O)=O)cc1. The van der Waals surface area contributed by atoms with Crippen molar-refractivity contribution < 1.29 is 8.42 Å². The molecule has 0 aromatic heterocycles. The summed E-state index contributed by atoms with van der Waals surface area (Å²) in [6.45, 7) is 1.68. The van der Waals surface area contributed by atoms with E-state index in [0.717, 1.165) is 5.56 Å². The molecule has 0 saturated carbocycles. The van der Waals surface area contributed by atoms with Gasteiger partial charge in [0.05, 0.1) is 10.7 Å². The fourth-order valence-corrected chi connectivity index (χ4v) is 1.52. The zero-order valence-corrected chi connectivity index (χ0v) is 9.61. The average molecular weight is 239 g/mol. The molecule has 86 valence electrons. The second kappa shape index (κ2) is 4.91. The third-order valence-corrected chi connectivity index (χ3v) is 2.68. The average Bonchev–Trinajstić information content (AvgIpc) is 2.16. The van der Waals surface area contributed by atoms with Crippen LogP contribution in [0, 0.1) is 0 Å². The highest BCUT2D eigenvalue weighted by molar-refractivity contribution is 7.89. The van der Waals surface area contributed by atoms with E-state index in [4.69, 9.17) is 10.9 Å². The molecule has 5 nitrogen and oxygen atoms in total. The van der Waals surface area contributed by atoms with Crippen molar-refractivity contribution in [3.63, 3.8) is 0 Å². The maximum absolute atomic E-state index is 11.0. The summed E-state index contributed by atoms with van der Waals surface area (Å²) in [5, 5.41) is 4.96. The van der Waals surface area contributed by atoms with Crippen LogP contribution in [0.5, 0.6) is 0 Å². The number of primary sulfonamides is 1. The lowest BCUT2D eigenvalue weighted by atomic mass is 10.2. The molecule has 0 aliphatic carbocycles. The summed E-state index contributed by atoms with van der Waals surface area (Å²) in [7, 11) is -3.63. The highest BCUT2D eigenvalue weighted by Crippen LogP contribution is 2.09. The van der Waals surface area contributed by atoms with Crippen LogP contribution in [-0.2, 0) is 10.0 Å². The van der Waals surface area contributed by atoms with E-state index in [1.165, 1.54) is 12.1 Å². The third kappa shape index (κ3) is 3.84. The standard InChI is InChI=1S/C10H13N3O2S/c1-8(11)13-7-6-9-2-4-10(5-3-9)16(12,14)15/h2-7H,1H3,(H2,11,13)(H2,12,14,15)/b7-6+. The van der Waals surface area contributed by atoms with Crippen LogP contribution in [0.15, 0.2) is 40.4 Å². The van der Waals surface area contributed by atoms with Gasteiger partial charge in [0.25, 0.3) is 0 Å². The minimum atomic E-state index is -3.63. The van der Waals surface area contributed by atoms with E-state index in [-0.39, 0.29) is 4.90 Å². The lowest BCUT2D eigenvalue weighted by molar-refractivity contribution is 0.598. The van der Waals surface area contributed by atoms with E-state index in [2.05, 4.69) is 4.99 Å². The van der Waals surface area contributed by atoms with Gasteiger partial charge in [-0.15, -0.1) is 0 Å². The number of nitrogens with two attached hydrogens (primary N) is 2. The first kappa shape index (κ1) is 12.4. The van der Waals surface area contributed by atoms with Gasteiger partial charge >= 0.3 is 0 Å². The number of hydrogen-bond donors (Lipinski definition) is 2. The molecule has 0 unspecified atom stereocenters. The molecule has 0 heterocycles. The lowest BCUT2D eigenvalue weighted by Crippen LogP contribution is -2.11. The summed E-state index contributed by atoms with van der Waals surface area (Å²) in [6.07, 6.45) is 3.25. The Labute approximate surface area is 94.5 Å². The second-order valence-corrected chi connectivity index (χ2v) is 4.76. The van der Waals surface area contributed by atoms with Crippen LogP contribution in [0.1, 0.15) is 12.5 Å². The quantitative estimate of drug-likeness (QED) is 0.599. The molecule has 0 spiro atoms. The highest BCUT2D eigenvalue weighted by atomic mass is 32.2. The molecule has 4 N–H and O–H groups in total. The van der Waals surface area contributed by atoms with Crippen molar-refractivity contribution in [3.8, 4) is 0 Å². The molecule has 0 amide bonds. The zero-order valence-electron chi connectivity index (χ0n) is 8.79. The van der Waals surface area contributed by atoms with E-state index >= 15 is 0 Å². The second-order valence-electron chi connectivity index (χ2n) is 3.20. The van der Waals surface area contributed by atoms with Crippen molar-refractivity contribution in [1.82, 2.24) is 0 Å². The monoisotopic (exact) mass is 239 g/mol. The molecule has 1 aromatic carbocycles. The molecule has 1 aromatic rings. The van der Waals surface area contributed by atoms with Crippen LogP contribution in [-0.4, -0.2) is 14.3 Å². The molecule has 0 saturated heterocycles. The van der Waals surface area contributed by atoms with E-state index in [1.54, 1.807) is 31.3 Å². The largest absolute Gasteiger partial charge is 0.387 e. The van der Waals surface area contributed by atoms with Crippen molar-refractivity contribution in [2.24, 2.45) is 15.9 Å². The summed E-state index contributed by atoms with van der Waals surface area (Å²) < 4.78 is 21.9. The van der Waals surface area contributed by atoms with Gasteiger partial charge in [0.2, 0.25) is 10.0 Å². The van der Waals surface area contributed by atoms with Crippen molar-refractivity contribution in [3.05, 3.63) is 36.0 Å². The Balaban J connectivity index is 2.88. The van der Waals surface area contributed by atoms with E-state index in [0.29, 0.717) is 5.84 Å². The summed E-state index contributed by atoms with van der Waals surface area (Å²) in [4.78, 5) is 3.95. The zero-order chi connectivity index (χ0) is 12.2. The van der Waals surface area contributed by atoms with Gasteiger partial charge in [-0.25, -0.2) is 18.5 Å². The molecule has 0 aliphatic heterocycles. The molecule has 0 fully saturated rings. The molecular formula is C10H13N3O2S. The summed E-state index contributed by atoms with van der Waals surface area (Å²) >= 11 is 0. The van der Waals surface area contributed by atoms with Gasteiger partial charge in [-0.1, -0.05) is 12.1 Å². The number of nitrogens with zero attached hydrogens (tertiary/aromatic N) is 1. The Hall–Kier alpha value is -1.66. The predicted octanol–water partition coefficient (Wildman–Crippen LogP) is 0.682. The molecule has 0 radical (unpaired) electrons. The first-order chi connectivity index (χ1) is 7.39. The number of aliphatic imine (C=N–C) groups is 1. The van der Waals surface area contributed by atoms with Gasteiger partial charge in [-0.3, -0.25) is 0 Å². The maximum atomic E-state index is 11.0. The Bertz CT molecular complexity index is 512. The number of benzene rings is 1. The van der Waals surface area contributed by atoms with Crippen LogP contribution in [0.3, 0.4) is 0 Å². The maximum Gasteiger partial charge on any atom is 0.238 e. The highest BCUT2D eigenvalue weighted by Gasteiger charge is 2.05. The fraction of sp³-hybridized carbons (Fsp3) is 0.100. The molecule has 0 bridgehead atoms. The van der Waals surface area contributed by atoms with Crippen molar-refractivity contribution in [2.75, 3.05) is 0 Å². The molecule has 16 heavy (non-hydrogen) atoms. The summed E-state index contributed by atoms with van der Waals surface area (Å²) in [5.41, 5.74) is 6.16. The molecule has 6 heteroatoms. The Morgan fingerprint density at radius 1 is 1.31 bits per heavy atom. The summed E-state index contributed by atoms with van der Waals surface area (Å²) in [5.74, 6) is 0.456.